The Hall–Kier alpha value is -3.20. The fourth-order valence-corrected chi connectivity index (χ4v) is 4.17. The van der Waals surface area contributed by atoms with Crippen LogP contribution in [0.15, 0.2) is 41.1 Å². The SMILES string of the molecule is CC(C)CCC(C/C=C/C#CC#C/C=C1/C=CSc2nc(CC(C(=O)[O-])[N+](C)(C)C)cn21)C(=O)O. The van der Waals surface area contributed by atoms with Crippen LogP contribution in [0.5, 0.6) is 0 Å². The zero-order valence-corrected chi connectivity index (χ0v) is 21.8. The van der Waals surface area contributed by atoms with Gasteiger partial charge in [-0.1, -0.05) is 49.9 Å². The van der Waals surface area contributed by atoms with Crippen LogP contribution in [0, 0.1) is 35.5 Å². The summed E-state index contributed by atoms with van der Waals surface area (Å²) in [5, 5.41) is 23.6. The summed E-state index contributed by atoms with van der Waals surface area (Å²) in [4.78, 5) is 27.5. The number of aromatic nitrogens is 2. The minimum atomic E-state index is -1.10. The van der Waals surface area contributed by atoms with Gasteiger partial charge in [-0.05, 0) is 48.2 Å². The van der Waals surface area contributed by atoms with E-state index in [4.69, 9.17) is 0 Å². The van der Waals surface area contributed by atoms with Crippen molar-refractivity contribution in [1.82, 2.24) is 9.55 Å². The molecule has 2 atom stereocenters. The van der Waals surface area contributed by atoms with Gasteiger partial charge in [0.05, 0.1) is 44.4 Å². The van der Waals surface area contributed by atoms with Crippen LogP contribution < -0.4 is 5.11 Å². The summed E-state index contributed by atoms with van der Waals surface area (Å²) in [7, 11) is 5.46. The molecule has 0 fully saturated rings. The molecule has 0 saturated carbocycles. The summed E-state index contributed by atoms with van der Waals surface area (Å²) in [6.07, 6.45) is 11.2. The van der Waals surface area contributed by atoms with Crippen molar-refractivity contribution in [2.45, 2.75) is 50.7 Å². The van der Waals surface area contributed by atoms with E-state index in [-0.39, 0.29) is 16.8 Å². The van der Waals surface area contributed by atoms with Crippen LogP contribution >= 0.6 is 11.8 Å². The van der Waals surface area contributed by atoms with Crippen LogP contribution in [0.25, 0.3) is 5.70 Å². The molecule has 1 aliphatic heterocycles. The molecule has 0 aromatic carbocycles. The van der Waals surface area contributed by atoms with Gasteiger partial charge in [-0.25, -0.2) is 4.98 Å². The third kappa shape index (κ3) is 9.16. The average molecular weight is 496 g/mol. The van der Waals surface area contributed by atoms with Crippen LogP contribution in [0.1, 0.15) is 38.8 Å². The van der Waals surface area contributed by atoms with E-state index < -0.39 is 18.0 Å². The molecule has 0 bridgehead atoms. The number of imidazole rings is 1. The summed E-state index contributed by atoms with van der Waals surface area (Å²) in [5.74, 6) is 9.46. The number of carboxylic acid groups (broad SMARTS) is 2. The van der Waals surface area contributed by atoms with Crippen LogP contribution in [0.3, 0.4) is 0 Å². The van der Waals surface area contributed by atoms with E-state index in [0.29, 0.717) is 24.5 Å². The highest BCUT2D eigenvalue weighted by molar-refractivity contribution is 8.02. The van der Waals surface area contributed by atoms with Crippen LogP contribution in [-0.2, 0) is 16.0 Å². The van der Waals surface area contributed by atoms with E-state index in [1.54, 1.807) is 18.2 Å². The molecular weight excluding hydrogens is 462 g/mol. The van der Waals surface area contributed by atoms with E-state index in [2.05, 4.69) is 42.5 Å². The second-order valence-electron chi connectivity index (χ2n) is 9.71. The van der Waals surface area contributed by atoms with Crippen molar-refractivity contribution < 1.29 is 24.3 Å². The number of nitrogens with zero attached hydrogens (tertiary/aromatic N) is 3. The van der Waals surface area contributed by atoms with Crippen molar-refractivity contribution in [2.75, 3.05) is 21.1 Å². The quantitative estimate of drug-likeness (QED) is 0.396. The number of carboxylic acids is 2. The first-order chi connectivity index (χ1) is 16.5. The molecule has 1 N–H and O–H groups in total. The summed E-state index contributed by atoms with van der Waals surface area (Å²) < 4.78 is 2.12. The summed E-state index contributed by atoms with van der Waals surface area (Å²) >= 11 is 1.45. The van der Waals surface area contributed by atoms with Gasteiger partial charge in [0.15, 0.2) is 5.16 Å². The lowest BCUT2D eigenvalue weighted by atomic mass is 9.95. The van der Waals surface area contributed by atoms with Crippen LogP contribution in [-0.4, -0.2) is 58.3 Å². The molecule has 0 amide bonds. The predicted molar refractivity (Wildman–Crippen MR) is 137 cm³/mol. The van der Waals surface area contributed by atoms with Gasteiger partial charge in [0.25, 0.3) is 0 Å². The van der Waals surface area contributed by atoms with E-state index >= 15 is 0 Å². The number of quaternary nitrogens is 1. The van der Waals surface area contributed by atoms with Gasteiger partial charge < -0.3 is 19.5 Å². The number of thioether (sulfide) groups is 1. The second-order valence-corrected chi connectivity index (χ2v) is 10.6. The highest BCUT2D eigenvalue weighted by atomic mass is 32.2. The molecule has 1 aromatic rings. The summed E-state index contributed by atoms with van der Waals surface area (Å²) in [6, 6.07) is -0.707. The highest BCUT2D eigenvalue weighted by Gasteiger charge is 2.27. The topological polar surface area (TPSA) is 95.2 Å². The Morgan fingerprint density at radius 3 is 2.57 bits per heavy atom. The first kappa shape index (κ1) is 28.0. The minimum absolute atomic E-state index is 0.242. The van der Waals surface area contributed by atoms with Gasteiger partial charge in [-0.15, -0.1) is 0 Å². The van der Waals surface area contributed by atoms with Crippen LogP contribution in [0.2, 0.25) is 0 Å². The number of rotatable bonds is 10. The highest BCUT2D eigenvalue weighted by Crippen LogP contribution is 2.29. The zero-order valence-electron chi connectivity index (χ0n) is 20.9. The van der Waals surface area contributed by atoms with Gasteiger partial charge >= 0.3 is 5.97 Å². The van der Waals surface area contributed by atoms with Gasteiger partial charge in [0, 0.05) is 18.7 Å². The molecule has 0 saturated heterocycles. The molecular formula is C27H33N3O4S. The Labute approximate surface area is 212 Å². The third-order valence-corrected chi connectivity index (χ3v) is 6.28. The summed E-state index contributed by atoms with van der Waals surface area (Å²) in [5.41, 5.74) is 1.49. The number of carbonyl (C=O) groups is 2. The van der Waals surface area contributed by atoms with Crippen molar-refractivity contribution in [3.63, 3.8) is 0 Å². The standard InChI is InChI=1S/C27H33N3O4S/c1-20(2)14-15-21(25(31)32)12-10-8-6-7-9-11-13-23-16-17-35-27-28-22(19-29(23)27)18-24(26(33)34)30(3,4)5/h8,10,13,16-17,19-21,24H,12,14-15,18H2,1-5H3,(H-,31,32,33,34)/b10-8+,23-13-. The lowest BCUT2D eigenvalue weighted by molar-refractivity contribution is -0.889. The fraction of sp³-hybridized carbons (Fsp3) is 0.444. The van der Waals surface area contributed by atoms with Crippen LogP contribution in [0.4, 0.5) is 0 Å². The van der Waals surface area contributed by atoms with E-state index in [9.17, 15) is 19.8 Å². The molecule has 0 radical (unpaired) electrons. The zero-order chi connectivity index (χ0) is 26.0. The largest absolute Gasteiger partial charge is 0.544 e. The first-order valence-corrected chi connectivity index (χ1v) is 12.4. The Kier molecular flexibility index (Phi) is 10.4. The van der Waals surface area contributed by atoms with Crippen molar-refractivity contribution in [2.24, 2.45) is 11.8 Å². The number of hydrogen-bond donors (Lipinski definition) is 1. The monoisotopic (exact) mass is 495 g/mol. The molecule has 2 heterocycles. The number of hydrogen-bond acceptors (Lipinski definition) is 5. The lowest BCUT2D eigenvalue weighted by Crippen LogP contribution is -2.55. The number of aliphatic carboxylic acids is 2. The Balaban J connectivity index is 2.03. The predicted octanol–water partition coefficient (Wildman–Crippen LogP) is 2.80. The lowest BCUT2D eigenvalue weighted by Gasteiger charge is -2.34. The smallest absolute Gasteiger partial charge is 0.306 e. The maximum atomic E-state index is 11.6. The van der Waals surface area contributed by atoms with Gasteiger partial charge in [-0.3, -0.25) is 9.36 Å². The summed E-state index contributed by atoms with van der Waals surface area (Å²) in [6.45, 7) is 4.17. The van der Waals surface area contributed by atoms with E-state index in [1.807, 2.05) is 43.4 Å². The fourth-order valence-electron chi connectivity index (χ4n) is 3.40. The molecule has 7 nitrogen and oxygen atoms in total. The molecule has 2 unspecified atom stereocenters. The van der Waals surface area contributed by atoms with Gasteiger partial charge in [-0.2, -0.15) is 0 Å². The molecule has 0 spiro atoms. The number of allylic oxidation sites excluding steroid dienone is 5. The van der Waals surface area contributed by atoms with E-state index in [1.165, 1.54) is 11.8 Å². The first-order valence-electron chi connectivity index (χ1n) is 11.5. The molecule has 8 heteroatoms. The Morgan fingerprint density at radius 1 is 1.23 bits per heavy atom. The molecule has 186 valence electrons. The molecule has 1 aromatic heterocycles. The Bertz CT molecular complexity index is 1130. The molecule has 0 aliphatic carbocycles. The number of fused-ring (bicyclic) bond motifs is 1. The van der Waals surface area contributed by atoms with Crippen molar-refractivity contribution >= 4 is 29.4 Å². The number of carbonyl (C=O) groups excluding carboxylic acids is 1. The Morgan fingerprint density at radius 2 is 1.94 bits per heavy atom. The maximum Gasteiger partial charge on any atom is 0.306 e. The second kappa shape index (κ2) is 13.0. The van der Waals surface area contributed by atoms with E-state index in [0.717, 1.165) is 17.3 Å². The molecule has 35 heavy (non-hydrogen) atoms. The third-order valence-electron chi connectivity index (χ3n) is 5.51. The van der Waals surface area contributed by atoms with Crippen molar-refractivity contribution in [3.8, 4) is 23.7 Å². The number of likely N-dealkylation sites (N-methyl/N-ethyl adjacent to an activating group) is 1. The average Bonchev–Trinajstić information content (AvgIpc) is 3.18. The molecule has 1 aliphatic rings. The molecule has 2 rings (SSSR count). The van der Waals surface area contributed by atoms with Crippen molar-refractivity contribution in [1.29, 1.82) is 0 Å². The normalized spacial score (nSPS) is 15.8. The van der Waals surface area contributed by atoms with Gasteiger partial charge in [0.2, 0.25) is 0 Å². The maximum absolute atomic E-state index is 11.6. The van der Waals surface area contributed by atoms with Gasteiger partial charge in [0.1, 0.15) is 6.04 Å². The van der Waals surface area contributed by atoms with Crippen molar-refractivity contribution in [3.05, 3.63) is 41.6 Å². The minimum Gasteiger partial charge on any atom is -0.544 e.